The van der Waals surface area contributed by atoms with E-state index in [1.807, 2.05) is 68.4 Å². The highest BCUT2D eigenvalue weighted by Crippen LogP contribution is 2.47. The van der Waals surface area contributed by atoms with Crippen LogP contribution in [0.15, 0.2) is 95.3 Å². The maximum Gasteiger partial charge on any atom is 0.337 e. The first kappa shape index (κ1) is 25.3. The summed E-state index contributed by atoms with van der Waals surface area (Å²) in [4.78, 5) is 27.3. The summed E-state index contributed by atoms with van der Waals surface area (Å²) in [5.74, 6) is -0.409. The Morgan fingerprint density at radius 3 is 2.55 bits per heavy atom. The fourth-order valence-corrected chi connectivity index (χ4v) is 5.60. The molecule has 38 heavy (non-hydrogen) atoms. The number of esters is 1. The quantitative estimate of drug-likeness (QED) is 0.408. The van der Waals surface area contributed by atoms with Crippen molar-refractivity contribution in [1.29, 1.82) is 0 Å². The molecule has 2 atom stereocenters. The smallest absolute Gasteiger partial charge is 0.337 e. The molecule has 1 aliphatic carbocycles. The van der Waals surface area contributed by atoms with Crippen LogP contribution in [0.3, 0.4) is 0 Å². The van der Waals surface area contributed by atoms with Crippen LogP contribution in [-0.2, 0) is 20.9 Å². The fourth-order valence-electron chi connectivity index (χ4n) is 5.60. The van der Waals surface area contributed by atoms with Gasteiger partial charge in [0.15, 0.2) is 5.78 Å². The Hall–Kier alpha value is -4.32. The van der Waals surface area contributed by atoms with E-state index in [1.165, 1.54) is 0 Å². The van der Waals surface area contributed by atoms with E-state index < -0.39 is 11.9 Å². The van der Waals surface area contributed by atoms with Crippen molar-refractivity contribution >= 4 is 11.8 Å². The summed E-state index contributed by atoms with van der Waals surface area (Å²) in [5.41, 5.74) is 5.99. The van der Waals surface area contributed by atoms with Gasteiger partial charge < -0.3 is 19.9 Å². The molecule has 6 nitrogen and oxygen atoms in total. The van der Waals surface area contributed by atoms with Crippen molar-refractivity contribution in [2.75, 3.05) is 7.11 Å². The van der Waals surface area contributed by atoms with E-state index in [0.717, 1.165) is 28.1 Å². The molecule has 1 heterocycles. The number of ether oxygens (including phenoxy) is 2. The highest BCUT2D eigenvalue weighted by atomic mass is 16.5. The molecule has 0 bridgehead atoms. The van der Waals surface area contributed by atoms with Crippen molar-refractivity contribution in [2.45, 2.75) is 45.1 Å². The van der Waals surface area contributed by atoms with Gasteiger partial charge in [0, 0.05) is 35.2 Å². The molecule has 6 heteroatoms. The number of allylic oxidation sites excluding steroid dienone is 3. The lowest BCUT2D eigenvalue weighted by molar-refractivity contribution is -0.140. The number of aryl methyl sites for hydroxylation is 1. The van der Waals surface area contributed by atoms with Crippen LogP contribution in [0.2, 0.25) is 0 Å². The Morgan fingerprint density at radius 2 is 1.79 bits per heavy atom. The highest BCUT2D eigenvalue weighted by Gasteiger charge is 2.42. The minimum atomic E-state index is -0.644. The molecule has 0 saturated carbocycles. The lowest BCUT2D eigenvalue weighted by Gasteiger charge is -2.37. The third kappa shape index (κ3) is 4.94. The molecule has 0 amide bonds. The Kier molecular flexibility index (Phi) is 7.05. The largest absolute Gasteiger partial charge is 0.508 e. The summed E-state index contributed by atoms with van der Waals surface area (Å²) in [6.45, 7) is 3.95. The van der Waals surface area contributed by atoms with E-state index in [2.05, 4.69) is 5.32 Å². The number of carbonyl (C=O) groups is 2. The maximum atomic E-state index is 13.8. The Balaban J connectivity index is 1.52. The molecule has 0 saturated heterocycles. The molecule has 1 aliphatic heterocycles. The number of nitrogens with one attached hydrogen (secondary N) is 1. The first-order chi connectivity index (χ1) is 18.4. The standard InChI is InChI=1S/C32H31NO5/c1-19-8-6-9-21(14-19)18-38-32(36)29-20(2)33-26-16-23(25-12-4-5-13-28(25)37-3)17-27(35)31(26)30(29)22-10-7-11-24(34)15-22/h4-15,23,30,33-34H,16-18H2,1-3H3/t23-,30-/m1/s1. The van der Waals surface area contributed by atoms with E-state index >= 15 is 0 Å². The number of hydrogen-bond donors (Lipinski definition) is 2. The second-order valence-electron chi connectivity index (χ2n) is 9.92. The summed E-state index contributed by atoms with van der Waals surface area (Å²) in [6.07, 6.45) is 0.889. The Morgan fingerprint density at radius 1 is 1.00 bits per heavy atom. The second-order valence-corrected chi connectivity index (χ2v) is 9.92. The van der Waals surface area contributed by atoms with Crippen LogP contribution in [0.1, 0.15) is 53.9 Å². The molecule has 2 aliphatic rings. The lowest BCUT2D eigenvalue weighted by Crippen LogP contribution is -2.36. The number of benzene rings is 3. The number of Topliss-reactive ketones (excluding diaryl/α,β-unsaturated/α-hetero) is 1. The Labute approximate surface area is 222 Å². The number of phenols is 1. The third-order valence-corrected chi connectivity index (χ3v) is 7.28. The first-order valence-corrected chi connectivity index (χ1v) is 12.7. The number of aromatic hydroxyl groups is 1. The molecule has 0 radical (unpaired) electrons. The van der Waals surface area contributed by atoms with Crippen LogP contribution in [-0.4, -0.2) is 24.0 Å². The predicted molar refractivity (Wildman–Crippen MR) is 145 cm³/mol. The molecule has 3 aromatic rings. The minimum Gasteiger partial charge on any atom is -0.508 e. The first-order valence-electron chi connectivity index (χ1n) is 12.7. The minimum absolute atomic E-state index is 0.0421. The van der Waals surface area contributed by atoms with Gasteiger partial charge in [-0.15, -0.1) is 0 Å². The van der Waals surface area contributed by atoms with Crippen molar-refractivity contribution in [1.82, 2.24) is 5.32 Å². The van der Waals surface area contributed by atoms with Crippen LogP contribution in [0.25, 0.3) is 0 Å². The molecule has 0 unspecified atom stereocenters. The number of phenolic OH excluding ortho intramolecular Hbond substituents is 1. The Bertz CT molecular complexity index is 1470. The average molecular weight is 510 g/mol. The zero-order valence-corrected chi connectivity index (χ0v) is 21.8. The summed E-state index contributed by atoms with van der Waals surface area (Å²) >= 11 is 0. The normalized spacial score (nSPS) is 19.1. The van der Waals surface area contributed by atoms with E-state index in [-0.39, 0.29) is 24.1 Å². The summed E-state index contributed by atoms with van der Waals surface area (Å²) in [6, 6.07) is 22.3. The van der Waals surface area contributed by atoms with Gasteiger partial charge >= 0.3 is 5.97 Å². The summed E-state index contributed by atoms with van der Waals surface area (Å²) in [5, 5.41) is 13.6. The van der Waals surface area contributed by atoms with Gasteiger partial charge in [-0.2, -0.15) is 0 Å². The molecular formula is C32H31NO5. The van der Waals surface area contributed by atoms with E-state index in [1.54, 1.807) is 25.3 Å². The van der Waals surface area contributed by atoms with Crippen molar-refractivity contribution in [3.63, 3.8) is 0 Å². The van der Waals surface area contributed by atoms with Gasteiger partial charge in [-0.05, 0) is 55.2 Å². The molecule has 0 spiro atoms. The van der Waals surface area contributed by atoms with E-state index in [0.29, 0.717) is 35.2 Å². The van der Waals surface area contributed by atoms with Crippen LogP contribution < -0.4 is 10.1 Å². The van der Waals surface area contributed by atoms with Gasteiger partial charge in [0.1, 0.15) is 18.1 Å². The van der Waals surface area contributed by atoms with Crippen molar-refractivity contribution in [3.8, 4) is 11.5 Å². The monoisotopic (exact) mass is 509 g/mol. The number of dihydropyridines is 1. The highest BCUT2D eigenvalue weighted by molar-refractivity contribution is 6.04. The average Bonchev–Trinajstić information content (AvgIpc) is 2.91. The van der Waals surface area contributed by atoms with Crippen LogP contribution >= 0.6 is 0 Å². The number of carbonyl (C=O) groups excluding carboxylic acids is 2. The van der Waals surface area contributed by atoms with E-state index in [4.69, 9.17) is 9.47 Å². The third-order valence-electron chi connectivity index (χ3n) is 7.28. The number of hydrogen-bond acceptors (Lipinski definition) is 6. The van der Waals surface area contributed by atoms with Crippen LogP contribution in [0.5, 0.6) is 11.5 Å². The number of methoxy groups -OCH3 is 1. The molecule has 0 aromatic heterocycles. The second kappa shape index (κ2) is 10.6. The topological polar surface area (TPSA) is 84.9 Å². The molecule has 2 N–H and O–H groups in total. The number of para-hydroxylation sites is 1. The SMILES string of the molecule is COc1ccccc1[C@H]1CC(=O)C2=C(C1)NC(C)=C(C(=O)OCc1cccc(C)c1)[C@H]2c1cccc(O)c1. The molecular weight excluding hydrogens is 478 g/mol. The zero-order chi connectivity index (χ0) is 26.8. The predicted octanol–water partition coefficient (Wildman–Crippen LogP) is 5.81. The molecule has 0 fully saturated rings. The summed E-state index contributed by atoms with van der Waals surface area (Å²) < 4.78 is 11.3. The van der Waals surface area contributed by atoms with Crippen molar-refractivity contribution in [2.24, 2.45) is 0 Å². The lowest BCUT2D eigenvalue weighted by atomic mass is 9.71. The zero-order valence-electron chi connectivity index (χ0n) is 21.8. The van der Waals surface area contributed by atoms with Crippen LogP contribution in [0, 0.1) is 6.92 Å². The number of ketones is 1. The van der Waals surface area contributed by atoms with Gasteiger partial charge in [-0.1, -0.05) is 60.2 Å². The van der Waals surface area contributed by atoms with Gasteiger partial charge in [0.2, 0.25) is 0 Å². The van der Waals surface area contributed by atoms with Crippen LogP contribution in [0.4, 0.5) is 0 Å². The molecule has 5 rings (SSSR count). The van der Waals surface area contributed by atoms with Gasteiger partial charge in [-0.25, -0.2) is 4.79 Å². The molecule has 3 aromatic carbocycles. The number of rotatable bonds is 6. The van der Waals surface area contributed by atoms with Gasteiger partial charge in [0.05, 0.1) is 12.7 Å². The maximum absolute atomic E-state index is 13.8. The summed E-state index contributed by atoms with van der Waals surface area (Å²) in [7, 11) is 1.63. The van der Waals surface area contributed by atoms with E-state index in [9.17, 15) is 14.7 Å². The van der Waals surface area contributed by atoms with Crippen molar-refractivity contribution in [3.05, 3.63) is 118 Å². The van der Waals surface area contributed by atoms with Crippen molar-refractivity contribution < 1.29 is 24.2 Å². The van der Waals surface area contributed by atoms with Gasteiger partial charge in [-0.3, -0.25) is 4.79 Å². The fraction of sp³-hybridized carbons (Fsp3) is 0.250. The van der Waals surface area contributed by atoms with Gasteiger partial charge in [0.25, 0.3) is 0 Å². The molecule has 194 valence electrons.